The maximum atomic E-state index is 9.03. The van der Waals surface area contributed by atoms with E-state index in [0.717, 1.165) is 5.69 Å². The van der Waals surface area contributed by atoms with E-state index >= 15 is 0 Å². The van der Waals surface area contributed by atoms with Gasteiger partial charge in [0.15, 0.2) is 0 Å². The molecule has 2 rings (SSSR count). The summed E-state index contributed by atoms with van der Waals surface area (Å²) >= 11 is 0. The zero-order valence-corrected chi connectivity index (χ0v) is 8.99. The van der Waals surface area contributed by atoms with Gasteiger partial charge in [0.1, 0.15) is 6.33 Å². The largest absolute Gasteiger partial charge is 0.491 e. The van der Waals surface area contributed by atoms with Crippen molar-refractivity contribution in [2.24, 2.45) is 0 Å². The zero-order valence-electron chi connectivity index (χ0n) is 8.99. The maximum absolute atomic E-state index is 9.03. The third kappa shape index (κ3) is 1.95. The van der Waals surface area contributed by atoms with Crippen LogP contribution in [0.3, 0.4) is 0 Å². The van der Waals surface area contributed by atoms with Gasteiger partial charge in [-0.3, -0.25) is 4.57 Å². The van der Waals surface area contributed by atoms with Gasteiger partial charge < -0.3 is 10.0 Å². The van der Waals surface area contributed by atoms with Crippen LogP contribution in [0.4, 0.5) is 0 Å². The van der Waals surface area contributed by atoms with Crippen molar-refractivity contribution in [2.45, 2.75) is 13.8 Å². The molecule has 0 fully saturated rings. The summed E-state index contributed by atoms with van der Waals surface area (Å²) in [5.41, 5.74) is 1.71. The van der Waals surface area contributed by atoms with E-state index in [0.29, 0.717) is 17.1 Å². The summed E-state index contributed by atoms with van der Waals surface area (Å²) in [7, 11) is -1.54. The molecule has 0 aliphatic carbocycles. The van der Waals surface area contributed by atoms with E-state index in [1.807, 2.05) is 6.92 Å². The highest BCUT2D eigenvalue weighted by Crippen LogP contribution is 2.02. The van der Waals surface area contributed by atoms with Gasteiger partial charge in [0.2, 0.25) is 5.95 Å². The van der Waals surface area contributed by atoms with E-state index in [9.17, 15) is 0 Å². The summed E-state index contributed by atoms with van der Waals surface area (Å²) in [5, 5.41) is 18.1. The first-order valence-electron chi connectivity index (χ1n) is 4.78. The van der Waals surface area contributed by atoms with E-state index in [1.54, 1.807) is 24.0 Å². The predicted octanol–water partition coefficient (Wildman–Crippen LogP) is -1.04. The molecule has 0 radical (unpaired) electrons. The van der Waals surface area contributed by atoms with Crippen LogP contribution < -0.4 is 5.46 Å². The lowest BCUT2D eigenvalue weighted by atomic mass is 9.80. The molecule has 2 aromatic heterocycles. The molecular weight excluding hydrogens is 207 g/mol. The molecule has 82 valence electrons. The molecule has 6 nitrogen and oxygen atoms in total. The van der Waals surface area contributed by atoms with Gasteiger partial charge in [-0.25, -0.2) is 15.0 Å². The average molecular weight is 218 g/mol. The Balaban J connectivity index is 2.42. The van der Waals surface area contributed by atoms with Crippen LogP contribution >= 0.6 is 0 Å². The summed E-state index contributed by atoms with van der Waals surface area (Å²) in [5.74, 6) is 0.461. The number of hydrogen-bond acceptors (Lipinski definition) is 5. The average Bonchev–Trinajstić information content (AvgIpc) is 2.64. The van der Waals surface area contributed by atoms with E-state index in [-0.39, 0.29) is 0 Å². The number of nitrogens with zero attached hydrogens (tertiary/aromatic N) is 4. The minimum absolute atomic E-state index is 0.306. The van der Waals surface area contributed by atoms with Crippen LogP contribution in [0.1, 0.15) is 11.4 Å². The fraction of sp³-hybridized carbons (Fsp3) is 0.222. The van der Waals surface area contributed by atoms with Crippen molar-refractivity contribution in [1.82, 2.24) is 19.5 Å². The van der Waals surface area contributed by atoms with Gasteiger partial charge in [-0.05, 0) is 13.8 Å². The highest BCUT2D eigenvalue weighted by molar-refractivity contribution is 6.58. The Bertz CT molecular complexity index is 512. The summed E-state index contributed by atoms with van der Waals surface area (Å²) in [6.07, 6.45) is 4.81. The molecule has 7 heteroatoms. The topological polar surface area (TPSA) is 84.1 Å². The van der Waals surface area contributed by atoms with Crippen molar-refractivity contribution in [2.75, 3.05) is 0 Å². The summed E-state index contributed by atoms with van der Waals surface area (Å²) in [4.78, 5) is 12.3. The van der Waals surface area contributed by atoms with Gasteiger partial charge in [0.05, 0.1) is 5.69 Å². The van der Waals surface area contributed by atoms with Crippen molar-refractivity contribution < 1.29 is 10.0 Å². The lowest BCUT2D eigenvalue weighted by Gasteiger charge is -2.05. The fourth-order valence-electron chi connectivity index (χ4n) is 1.37. The van der Waals surface area contributed by atoms with Crippen molar-refractivity contribution in [3.8, 4) is 5.95 Å². The Morgan fingerprint density at radius 2 is 2.00 bits per heavy atom. The Morgan fingerprint density at radius 3 is 2.50 bits per heavy atom. The molecule has 0 saturated carbocycles. The highest BCUT2D eigenvalue weighted by atomic mass is 16.4. The lowest BCUT2D eigenvalue weighted by molar-refractivity contribution is 0.425. The summed E-state index contributed by atoms with van der Waals surface area (Å²) < 4.78 is 1.68. The molecule has 0 atom stereocenters. The van der Waals surface area contributed by atoms with Gasteiger partial charge in [0.25, 0.3) is 0 Å². The number of rotatable bonds is 2. The number of aryl methyl sites for hydroxylation is 2. The van der Waals surface area contributed by atoms with Crippen molar-refractivity contribution in [1.29, 1.82) is 0 Å². The van der Waals surface area contributed by atoms with E-state index in [1.165, 1.54) is 6.20 Å². The van der Waals surface area contributed by atoms with Gasteiger partial charge in [-0.2, -0.15) is 0 Å². The maximum Gasteiger partial charge on any atom is 0.491 e. The molecule has 0 saturated heterocycles. The molecule has 0 aromatic carbocycles. The lowest BCUT2D eigenvalue weighted by Crippen LogP contribution is -2.33. The molecule has 2 N–H and O–H groups in total. The first-order chi connectivity index (χ1) is 7.58. The fourth-order valence-corrected chi connectivity index (χ4v) is 1.37. The third-order valence-electron chi connectivity index (χ3n) is 2.23. The van der Waals surface area contributed by atoms with Gasteiger partial charge in [-0.15, -0.1) is 0 Å². The van der Waals surface area contributed by atoms with Gasteiger partial charge >= 0.3 is 7.12 Å². The monoisotopic (exact) mass is 218 g/mol. The quantitative estimate of drug-likeness (QED) is 0.629. The van der Waals surface area contributed by atoms with Gasteiger partial charge in [-0.1, -0.05) is 0 Å². The predicted molar refractivity (Wildman–Crippen MR) is 58.5 cm³/mol. The molecule has 2 heterocycles. The zero-order chi connectivity index (χ0) is 11.7. The number of hydrogen-bond donors (Lipinski definition) is 2. The Morgan fingerprint density at radius 1 is 1.25 bits per heavy atom. The van der Waals surface area contributed by atoms with Crippen LogP contribution in [0.5, 0.6) is 0 Å². The Kier molecular flexibility index (Phi) is 2.72. The smallest absolute Gasteiger partial charge is 0.423 e. The van der Waals surface area contributed by atoms with E-state index in [4.69, 9.17) is 10.0 Å². The van der Waals surface area contributed by atoms with Crippen LogP contribution in [0, 0.1) is 13.8 Å². The molecule has 0 unspecified atom stereocenters. The van der Waals surface area contributed by atoms with Crippen molar-refractivity contribution >= 4 is 12.6 Å². The molecule has 0 aliphatic rings. The summed E-state index contributed by atoms with van der Waals surface area (Å²) in [6.45, 7) is 3.57. The second-order valence-corrected chi connectivity index (χ2v) is 3.51. The van der Waals surface area contributed by atoms with Gasteiger partial charge in [0, 0.05) is 23.6 Å². The van der Waals surface area contributed by atoms with E-state index in [2.05, 4.69) is 15.0 Å². The van der Waals surface area contributed by atoms with Crippen LogP contribution in [-0.4, -0.2) is 36.7 Å². The van der Waals surface area contributed by atoms with E-state index < -0.39 is 7.12 Å². The first kappa shape index (κ1) is 10.8. The normalized spacial score (nSPS) is 10.5. The molecule has 0 bridgehead atoms. The SMILES string of the molecule is Cc1cn(-c2ncc(B(O)O)c(C)n2)cn1. The number of imidazole rings is 1. The first-order valence-corrected chi connectivity index (χ1v) is 4.78. The second-order valence-electron chi connectivity index (χ2n) is 3.51. The van der Waals surface area contributed by atoms with Crippen LogP contribution in [0.25, 0.3) is 5.95 Å². The van der Waals surface area contributed by atoms with Crippen LogP contribution in [-0.2, 0) is 0 Å². The van der Waals surface area contributed by atoms with Crippen LogP contribution in [0.15, 0.2) is 18.7 Å². The Hall–Kier alpha value is -1.73. The van der Waals surface area contributed by atoms with Crippen LogP contribution in [0.2, 0.25) is 0 Å². The molecule has 0 spiro atoms. The standard InChI is InChI=1S/C9H11BN4O2/c1-6-4-14(5-12-6)9-11-3-8(10(15)16)7(2)13-9/h3-5,15-16H,1-2H3. The number of aromatic nitrogens is 4. The molecule has 16 heavy (non-hydrogen) atoms. The second kappa shape index (κ2) is 4.03. The minimum Gasteiger partial charge on any atom is -0.423 e. The molecule has 0 amide bonds. The van der Waals surface area contributed by atoms with Crippen molar-refractivity contribution in [3.63, 3.8) is 0 Å². The molecular formula is C9H11BN4O2. The minimum atomic E-state index is -1.54. The Labute approximate surface area is 92.8 Å². The van der Waals surface area contributed by atoms with Crippen molar-refractivity contribution in [3.05, 3.63) is 30.1 Å². The third-order valence-corrected chi connectivity index (χ3v) is 2.23. The summed E-state index contributed by atoms with van der Waals surface area (Å²) in [6, 6.07) is 0. The molecule has 0 aliphatic heterocycles. The highest BCUT2D eigenvalue weighted by Gasteiger charge is 2.16. The molecule has 2 aromatic rings.